The minimum Gasteiger partial charge on any atom is -0.463 e. The molecule has 0 spiro atoms. The van der Waals surface area contributed by atoms with Crippen LogP contribution in [0.25, 0.3) is 0 Å². The lowest BCUT2D eigenvalue weighted by atomic mass is 10.3. The first-order valence-electron chi connectivity index (χ1n) is 8.28. The van der Waals surface area contributed by atoms with Crippen LogP contribution >= 0.6 is 0 Å². The topological polar surface area (TPSA) is 107 Å². The molecule has 1 atom stereocenters. The Labute approximate surface area is 147 Å². The van der Waals surface area contributed by atoms with E-state index in [-0.39, 0.29) is 32.5 Å². The summed E-state index contributed by atoms with van der Waals surface area (Å²) in [5, 5.41) is 0. The van der Waals surface area contributed by atoms with Crippen LogP contribution in [0.2, 0.25) is 0 Å². The van der Waals surface area contributed by atoms with Gasteiger partial charge in [-0.2, -0.15) is 0 Å². The summed E-state index contributed by atoms with van der Waals surface area (Å²) in [6, 6.07) is 0. The van der Waals surface area contributed by atoms with Gasteiger partial charge in [-0.25, -0.2) is 14.4 Å². The maximum atomic E-state index is 11.5. The summed E-state index contributed by atoms with van der Waals surface area (Å²) in [6.45, 7) is 7.26. The minimum absolute atomic E-state index is 0.0244. The monoisotopic (exact) mass is 364 g/mol. The van der Waals surface area contributed by atoms with Gasteiger partial charge in [0.1, 0.15) is 13.2 Å². The second-order valence-corrected chi connectivity index (χ2v) is 5.26. The van der Waals surface area contributed by atoms with Crippen LogP contribution in [0.1, 0.15) is 40.5 Å². The van der Waals surface area contributed by atoms with E-state index in [0.717, 1.165) is 12.8 Å². The van der Waals surface area contributed by atoms with Crippen LogP contribution in [-0.2, 0) is 33.2 Å². The van der Waals surface area contributed by atoms with Crippen molar-refractivity contribution in [2.75, 3.05) is 33.0 Å². The third-order valence-corrected chi connectivity index (χ3v) is 2.57. The summed E-state index contributed by atoms with van der Waals surface area (Å²) < 4.78 is 29.0. The zero-order valence-corrected chi connectivity index (χ0v) is 15.3. The van der Waals surface area contributed by atoms with Crippen molar-refractivity contribution in [2.45, 2.75) is 52.7 Å². The molecule has 0 rings (SSSR count). The van der Waals surface area contributed by atoms with E-state index in [4.69, 9.17) is 28.4 Å². The lowest BCUT2D eigenvalue weighted by Gasteiger charge is -2.12. The van der Waals surface area contributed by atoms with Crippen LogP contribution in [0.15, 0.2) is 0 Å². The first-order valence-corrected chi connectivity index (χ1v) is 8.28. The van der Waals surface area contributed by atoms with E-state index in [0.29, 0.717) is 6.61 Å². The quantitative estimate of drug-likeness (QED) is 0.293. The zero-order valence-electron chi connectivity index (χ0n) is 15.3. The van der Waals surface area contributed by atoms with Crippen LogP contribution in [0.5, 0.6) is 0 Å². The number of rotatable bonds is 12. The lowest BCUT2D eigenvalue weighted by molar-refractivity contribution is -0.154. The number of carbonyl (C=O) groups excluding carboxylic acids is 3. The molecule has 0 aliphatic carbocycles. The minimum atomic E-state index is -1.04. The second kappa shape index (κ2) is 14.3. The van der Waals surface area contributed by atoms with Crippen LogP contribution in [0, 0.1) is 0 Å². The van der Waals surface area contributed by atoms with Gasteiger partial charge in [0.05, 0.1) is 25.9 Å². The van der Waals surface area contributed by atoms with Gasteiger partial charge < -0.3 is 28.4 Å². The van der Waals surface area contributed by atoms with Gasteiger partial charge in [0.15, 0.2) is 6.10 Å². The number of hydrogen-bond donors (Lipinski definition) is 0. The van der Waals surface area contributed by atoms with Gasteiger partial charge in [0, 0.05) is 0 Å². The molecule has 0 fully saturated rings. The maximum absolute atomic E-state index is 11.5. The van der Waals surface area contributed by atoms with Crippen molar-refractivity contribution in [2.24, 2.45) is 0 Å². The summed E-state index contributed by atoms with van der Waals surface area (Å²) in [4.78, 5) is 33.9. The Balaban J connectivity index is 3.60. The van der Waals surface area contributed by atoms with Crippen molar-refractivity contribution in [3.05, 3.63) is 0 Å². The number of ether oxygens (including phenoxy) is 6. The fourth-order valence-corrected chi connectivity index (χ4v) is 1.36. The van der Waals surface area contributed by atoms with Crippen LogP contribution in [0.4, 0.5) is 9.59 Å². The lowest BCUT2D eigenvalue weighted by Crippen LogP contribution is -2.27. The average molecular weight is 364 g/mol. The first-order chi connectivity index (χ1) is 11.9. The van der Waals surface area contributed by atoms with Gasteiger partial charge in [0.2, 0.25) is 0 Å². The maximum Gasteiger partial charge on any atom is 0.509 e. The largest absolute Gasteiger partial charge is 0.509 e. The van der Waals surface area contributed by atoms with E-state index in [9.17, 15) is 14.4 Å². The van der Waals surface area contributed by atoms with Crippen LogP contribution in [0.3, 0.4) is 0 Å². The highest BCUT2D eigenvalue weighted by molar-refractivity contribution is 5.76. The Bertz CT molecular complexity index is 395. The summed E-state index contributed by atoms with van der Waals surface area (Å²) in [5.74, 6) is -0.618. The molecule has 0 aromatic carbocycles. The molecule has 0 aromatic rings. The first kappa shape index (κ1) is 23.0. The molecular weight excluding hydrogens is 336 g/mol. The predicted molar refractivity (Wildman–Crippen MR) is 86.2 cm³/mol. The fraction of sp³-hybridized carbons (Fsp3) is 0.812. The van der Waals surface area contributed by atoms with Crippen molar-refractivity contribution in [1.29, 1.82) is 0 Å². The SMILES string of the molecule is CCCCOC(=O)C(C)OC(=O)OCCOCCOC(=O)OC(C)C. The molecule has 9 nitrogen and oxygen atoms in total. The van der Waals surface area contributed by atoms with E-state index in [2.05, 4.69) is 0 Å². The molecule has 0 heterocycles. The molecule has 25 heavy (non-hydrogen) atoms. The average Bonchev–Trinajstić information content (AvgIpc) is 2.53. The molecule has 0 aliphatic heterocycles. The highest BCUT2D eigenvalue weighted by Gasteiger charge is 2.19. The standard InChI is InChI=1S/C16H28O9/c1-5-6-7-21-14(17)13(4)25-16(19)23-11-9-20-8-10-22-15(18)24-12(2)3/h12-13H,5-11H2,1-4H3. The zero-order chi connectivity index (χ0) is 19.1. The number of unbranched alkanes of at least 4 members (excludes halogenated alkanes) is 1. The summed E-state index contributed by atoms with van der Waals surface area (Å²) in [7, 11) is 0. The number of carbonyl (C=O) groups is 3. The van der Waals surface area contributed by atoms with E-state index in [1.54, 1.807) is 13.8 Å². The third-order valence-electron chi connectivity index (χ3n) is 2.57. The Morgan fingerprint density at radius 2 is 1.32 bits per heavy atom. The molecule has 0 radical (unpaired) electrons. The van der Waals surface area contributed by atoms with Gasteiger partial charge in [0.25, 0.3) is 0 Å². The normalized spacial score (nSPS) is 11.6. The molecule has 1 unspecified atom stereocenters. The predicted octanol–water partition coefficient (Wildman–Crippen LogP) is 2.45. The second-order valence-electron chi connectivity index (χ2n) is 5.26. The number of esters is 1. The van der Waals surface area contributed by atoms with Crippen molar-refractivity contribution in [3.8, 4) is 0 Å². The third kappa shape index (κ3) is 14.1. The summed E-state index contributed by atoms with van der Waals surface area (Å²) in [6.07, 6.45) is -1.39. The molecule has 0 amide bonds. The molecule has 0 aliphatic rings. The van der Waals surface area contributed by atoms with Crippen molar-refractivity contribution >= 4 is 18.3 Å². The Morgan fingerprint density at radius 1 is 0.760 bits per heavy atom. The van der Waals surface area contributed by atoms with Crippen molar-refractivity contribution in [1.82, 2.24) is 0 Å². The van der Waals surface area contributed by atoms with Gasteiger partial charge in [-0.1, -0.05) is 13.3 Å². The van der Waals surface area contributed by atoms with Gasteiger partial charge in [-0.3, -0.25) is 0 Å². The Hall–Kier alpha value is -2.03. The van der Waals surface area contributed by atoms with E-state index < -0.39 is 24.4 Å². The van der Waals surface area contributed by atoms with Crippen LogP contribution in [-0.4, -0.2) is 63.5 Å². The highest BCUT2D eigenvalue weighted by Crippen LogP contribution is 1.99. The van der Waals surface area contributed by atoms with Gasteiger partial charge >= 0.3 is 18.3 Å². The summed E-state index contributed by atoms with van der Waals surface area (Å²) >= 11 is 0. The molecule has 0 bridgehead atoms. The van der Waals surface area contributed by atoms with E-state index >= 15 is 0 Å². The van der Waals surface area contributed by atoms with Crippen molar-refractivity contribution in [3.63, 3.8) is 0 Å². The van der Waals surface area contributed by atoms with Gasteiger partial charge in [-0.15, -0.1) is 0 Å². The Morgan fingerprint density at radius 3 is 1.84 bits per heavy atom. The van der Waals surface area contributed by atoms with Gasteiger partial charge in [-0.05, 0) is 27.2 Å². The smallest absolute Gasteiger partial charge is 0.463 e. The Kier molecular flexibility index (Phi) is 13.2. The molecule has 9 heteroatoms. The molecular formula is C16H28O9. The van der Waals surface area contributed by atoms with Crippen molar-refractivity contribution < 1.29 is 42.8 Å². The fourth-order valence-electron chi connectivity index (χ4n) is 1.36. The molecule has 0 saturated carbocycles. The van der Waals surface area contributed by atoms with E-state index in [1.807, 2.05) is 6.92 Å². The van der Waals surface area contributed by atoms with E-state index in [1.165, 1.54) is 6.92 Å². The van der Waals surface area contributed by atoms with Crippen LogP contribution < -0.4 is 0 Å². The summed E-state index contributed by atoms with van der Waals surface area (Å²) in [5.41, 5.74) is 0. The highest BCUT2D eigenvalue weighted by atomic mass is 16.7. The molecule has 0 aromatic heterocycles. The molecule has 146 valence electrons. The molecule has 0 N–H and O–H groups in total. The molecule has 0 saturated heterocycles. The number of hydrogen-bond acceptors (Lipinski definition) is 9.